The van der Waals surface area contributed by atoms with Crippen molar-refractivity contribution >= 4 is 17.3 Å². The molecule has 0 bridgehead atoms. The highest BCUT2D eigenvalue weighted by molar-refractivity contribution is 6.04. The second kappa shape index (κ2) is 5.36. The normalized spacial score (nSPS) is 13.4. The van der Waals surface area contributed by atoms with Crippen LogP contribution in [-0.4, -0.2) is 22.2 Å². The molecule has 5 nitrogen and oxygen atoms in total. The molecule has 3 rings (SSSR count). The molecule has 104 valence electrons. The van der Waals surface area contributed by atoms with Crippen LogP contribution in [0.2, 0.25) is 0 Å². The van der Waals surface area contributed by atoms with Gasteiger partial charge in [-0.15, -0.1) is 0 Å². The predicted molar refractivity (Wildman–Crippen MR) is 79.1 cm³/mol. The lowest BCUT2D eigenvalue weighted by atomic mass is 10.0. The number of carbonyl (C=O) groups excluding carboxylic acids is 1. The molecule has 0 unspecified atom stereocenters. The minimum atomic E-state index is -0.117. The third-order valence-corrected chi connectivity index (χ3v) is 3.52. The molecule has 0 saturated carbocycles. The first-order chi connectivity index (χ1) is 9.76. The second-order valence-electron chi connectivity index (χ2n) is 4.94. The standard InChI is InChI=1S/C15H18N4O/c1-2-19-10-12(9-17-19)15(20)18-13-5-6-14-11(8-13)4-3-7-16-14/h5-6,8-10,16H,2-4,7H2,1H3,(H,18,20). The van der Waals surface area contributed by atoms with Crippen LogP contribution in [0.25, 0.3) is 0 Å². The zero-order chi connectivity index (χ0) is 13.9. The van der Waals surface area contributed by atoms with E-state index in [2.05, 4.69) is 15.7 Å². The van der Waals surface area contributed by atoms with E-state index in [-0.39, 0.29) is 5.91 Å². The first-order valence-corrected chi connectivity index (χ1v) is 6.97. The van der Waals surface area contributed by atoms with Crippen LogP contribution in [0.5, 0.6) is 0 Å². The number of hydrogen-bond donors (Lipinski definition) is 2. The molecule has 1 amide bonds. The van der Waals surface area contributed by atoms with Crippen LogP contribution in [0.1, 0.15) is 29.3 Å². The Morgan fingerprint density at radius 3 is 3.20 bits per heavy atom. The largest absolute Gasteiger partial charge is 0.385 e. The summed E-state index contributed by atoms with van der Waals surface area (Å²) < 4.78 is 1.74. The van der Waals surface area contributed by atoms with E-state index >= 15 is 0 Å². The summed E-state index contributed by atoms with van der Waals surface area (Å²) in [6.45, 7) is 3.78. The van der Waals surface area contributed by atoms with E-state index in [1.165, 1.54) is 11.3 Å². The van der Waals surface area contributed by atoms with Crippen LogP contribution >= 0.6 is 0 Å². The highest BCUT2D eigenvalue weighted by Gasteiger charge is 2.12. The van der Waals surface area contributed by atoms with Crippen molar-refractivity contribution < 1.29 is 4.79 Å². The summed E-state index contributed by atoms with van der Waals surface area (Å²) in [5.41, 5.74) is 3.86. The van der Waals surface area contributed by atoms with E-state index in [0.29, 0.717) is 5.56 Å². The van der Waals surface area contributed by atoms with Crippen molar-refractivity contribution in [1.29, 1.82) is 0 Å². The van der Waals surface area contributed by atoms with Gasteiger partial charge in [-0.1, -0.05) is 0 Å². The lowest BCUT2D eigenvalue weighted by Gasteiger charge is -2.18. The smallest absolute Gasteiger partial charge is 0.258 e. The maximum atomic E-state index is 12.1. The van der Waals surface area contributed by atoms with Gasteiger partial charge < -0.3 is 10.6 Å². The minimum absolute atomic E-state index is 0.117. The zero-order valence-corrected chi connectivity index (χ0v) is 11.5. The van der Waals surface area contributed by atoms with E-state index in [4.69, 9.17) is 0 Å². The van der Waals surface area contributed by atoms with Crippen molar-refractivity contribution in [2.75, 3.05) is 17.2 Å². The highest BCUT2D eigenvalue weighted by atomic mass is 16.1. The minimum Gasteiger partial charge on any atom is -0.385 e. The number of carbonyl (C=O) groups is 1. The molecular formula is C15H18N4O. The molecule has 0 atom stereocenters. The van der Waals surface area contributed by atoms with Crippen molar-refractivity contribution in [3.63, 3.8) is 0 Å². The maximum absolute atomic E-state index is 12.1. The third kappa shape index (κ3) is 2.52. The van der Waals surface area contributed by atoms with Crippen molar-refractivity contribution in [2.45, 2.75) is 26.3 Å². The van der Waals surface area contributed by atoms with Crippen LogP contribution in [-0.2, 0) is 13.0 Å². The fourth-order valence-corrected chi connectivity index (χ4v) is 2.41. The van der Waals surface area contributed by atoms with E-state index in [1.807, 2.05) is 25.1 Å². The molecule has 2 heterocycles. The van der Waals surface area contributed by atoms with Gasteiger partial charge in [0.05, 0.1) is 11.8 Å². The third-order valence-electron chi connectivity index (χ3n) is 3.52. The topological polar surface area (TPSA) is 59.0 Å². The molecule has 2 N–H and O–H groups in total. The fraction of sp³-hybridized carbons (Fsp3) is 0.333. The number of nitrogens with zero attached hydrogens (tertiary/aromatic N) is 2. The van der Waals surface area contributed by atoms with E-state index in [1.54, 1.807) is 17.1 Å². The number of anilines is 2. The number of nitrogens with one attached hydrogen (secondary N) is 2. The van der Waals surface area contributed by atoms with Crippen LogP contribution in [0.3, 0.4) is 0 Å². The Morgan fingerprint density at radius 1 is 1.50 bits per heavy atom. The maximum Gasteiger partial charge on any atom is 0.258 e. The number of aromatic nitrogens is 2. The van der Waals surface area contributed by atoms with Gasteiger partial charge in [0, 0.05) is 30.7 Å². The fourth-order valence-electron chi connectivity index (χ4n) is 2.41. The van der Waals surface area contributed by atoms with Crippen molar-refractivity contribution in [2.24, 2.45) is 0 Å². The molecule has 1 aliphatic heterocycles. The highest BCUT2D eigenvalue weighted by Crippen LogP contribution is 2.25. The summed E-state index contributed by atoms with van der Waals surface area (Å²) in [6, 6.07) is 6.00. The number of hydrogen-bond acceptors (Lipinski definition) is 3. The first-order valence-electron chi connectivity index (χ1n) is 6.97. The quantitative estimate of drug-likeness (QED) is 0.901. The molecule has 1 aromatic carbocycles. The summed E-state index contributed by atoms with van der Waals surface area (Å²) in [5.74, 6) is -0.117. The lowest BCUT2D eigenvalue weighted by Crippen LogP contribution is -2.14. The summed E-state index contributed by atoms with van der Waals surface area (Å²) in [5, 5.41) is 10.4. The lowest BCUT2D eigenvalue weighted by molar-refractivity contribution is 0.102. The molecule has 5 heteroatoms. The molecular weight excluding hydrogens is 252 g/mol. The molecule has 20 heavy (non-hydrogen) atoms. The molecule has 0 radical (unpaired) electrons. The van der Waals surface area contributed by atoms with E-state index in [9.17, 15) is 4.79 Å². The van der Waals surface area contributed by atoms with Gasteiger partial charge in [-0.25, -0.2) is 0 Å². The Balaban J connectivity index is 1.75. The van der Waals surface area contributed by atoms with Gasteiger partial charge in [0.15, 0.2) is 0 Å². The van der Waals surface area contributed by atoms with Gasteiger partial charge in [-0.2, -0.15) is 5.10 Å². The number of amides is 1. The van der Waals surface area contributed by atoms with Crippen molar-refractivity contribution in [3.05, 3.63) is 41.7 Å². The monoisotopic (exact) mass is 270 g/mol. The molecule has 1 aromatic heterocycles. The molecule has 0 aliphatic carbocycles. The molecule has 0 saturated heterocycles. The van der Waals surface area contributed by atoms with Crippen LogP contribution < -0.4 is 10.6 Å². The molecule has 2 aromatic rings. The van der Waals surface area contributed by atoms with E-state index < -0.39 is 0 Å². The number of benzene rings is 1. The van der Waals surface area contributed by atoms with Gasteiger partial charge in [0.1, 0.15) is 0 Å². The summed E-state index contributed by atoms with van der Waals surface area (Å²) in [7, 11) is 0. The van der Waals surface area contributed by atoms with Crippen molar-refractivity contribution in [3.8, 4) is 0 Å². The Hall–Kier alpha value is -2.30. The average molecular weight is 270 g/mol. The average Bonchev–Trinajstić information content (AvgIpc) is 2.96. The first kappa shape index (κ1) is 12.7. The Morgan fingerprint density at radius 2 is 2.40 bits per heavy atom. The Kier molecular flexibility index (Phi) is 3.41. The zero-order valence-electron chi connectivity index (χ0n) is 11.5. The molecule has 0 spiro atoms. The Bertz CT molecular complexity index is 633. The summed E-state index contributed by atoms with van der Waals surface area (Å²) >= 11 is 0. The van der Waals surface area contributed by atoms with Gasteiger partial charge in [0.25, 0.3) is 5.91 Å². The van der Waals surface area contributed by atoms with Gasteiger partial charge in [0.2, 0.25) is 0 Å². The van der Waals surface area contributed by atoms with Crippen molar-refractivity contribution in [1.82, 2.24) is 9.78 Å². The number of aryl methyl sites for hydroxylation is 2. The number of rotatable bonds is 3. The summed E-state index contributed by atoms with van der Waals surface area (Å²) in [4.78, 5) is 12.1. The number of fused-ring (bicyclic) bond motifs is 1. The molecule has 0 fully saturated rings. The van der Waals surface area contributed by atoms with Gasteiger partial charge >= 0.3 is 0 Å². The van der Waals surface area contributed by atoms with Crippen LogP contribution in [0.15, 0.2) is 30.6 Å². The van der Waals surface area contributed by atoms with Gasteiger partial charge in [-0.05, 0) is 43.5 Å². The Labute approximate surface area is 118 Å². The second-order valence-corrected chi connectivity index (χ2v) is 4.94. The predicted octanol–water partition coefficient (Wildman–Crippen LogP) is 2.51. The van der Waals surface area contributed by atoms with Gasteiger partial charge in [-0.3, -0.25) is 9.48 Å². The van der Waals surface area contributed by atoms with Crippen LogP contribution in [0.4, 0.5) is 11.4 Å². The summed E-state index contributed by atoms with van der Waals surface area (Å²) in [6.07, 6.45) is 5.54. The molecule has 1 aliphatic rings. The van der Waals surface area contributed by atoms with E-state index in [0.717, 1.165) is 31.6 Å². The SMILES string of the molecule is CCn1cc(C(=O)Nc2ccc3c(c2)CCCN3)cn1. The van der Waals surface area contributed by atoms with Crippen LogP contribution in [0, 0.1) is 0 Å².